The van der Waals surface area contributed by atoms with Gasteiger partial charge in [0.25, 0.3) is 0 Å². The lowest BCUT2D eigenvalue weighted by Gasteiger charge is -2.00. The molecule has 1 rings (SSSR count). The second-order valence-corrected chi connectivity index (χ2v) is 5.26. The molecule has 1 heterocycles. The maximum absolute atomic E-state index is 4.22. The van der Waals surface area contributed by atoms with Crippen LogP contribution in [0.2, 0.25) is 0 Å². The standard InChI is InChI=1S/C15H25NS.BrH/c1-15-9-12-16(13-10-15)11-7-5-3-2-4-6-8-14-17;/h9-10,12-13H,2-8,11,14H2,1H3;1H. The number of hydrogen-bond acceptors (Lipinski definition) is 1. The van der Waals surface area contributed by atoms with Gasteiger partial charge >= 0.3 is 0 Å². The highest BCUT2D eigenvalue weighted by Crippen LogP contribution is 2.07. The average molecular weight is 332 g/mol. The Morgan fingerprint density at radius 2 is 1.39 bits per heavy atom. The summed E-state index contributed by atoms with van der Waals surface area (Å²) in [4.78, 5) is 0. The summed E-state index contributed by atoms with van der Waals surface area (Å²) in [6.45, 7) is 3.30. The van der Waals surface area contributed by atoms with Crippen molar-refractivity contribution in [3.05, 3.63) is 30.1 Å². The van der Waals surface area contributed by atoms with Crippen LogP contribution in [0.1, 0.15) is 50.5 Å². The van der Waals surface area contributed by atoms with E-state index in [-0.39, 0.29) is 17.0 Å². The van der Waals surface area contributed by atoms with Gasteiger partial charge in [-0.05, 0) is 31.1 Å². The van der Waals surface area contributed by atoms with E-state index >= 15 is 0 Å². The summed E-state index contributed by atoms with van der Waals surface area (Å²) in [6.07, 6.45) is 13.8. The van der Waals surface area contributed by atoms with Crippen molar-refractivity contribution in [2.24, 2.45) is 0 Å². The normalized spacial score (nSPS) is 10.1. The van der Waals surface area contributed by atoms with Gasteiger partial charge in [-0.15, -0.1) is 0 Å². The van der Waals surface area contributed by atoms with Crippen LogP contribution in [-0.4, -0.2) is 5.75 Å². The smallest absolute Gasteiger partial charge is 0.169 e. The van der Waals surface area contributed by atoms with E-state index in [2.05, 4.69) is 48.6 Å². The second kappa shape index (κ2) is 12.0. The van der Waals surface area contributed by atoms with Crippen LogP contribution in [0.5, 0.6) is 0 Å². The predicted octanol–water partition coefficient (Wildman–Crippen LogP) is 0.947. The van der Waals surface area contributed by atoms with Crippen LogP contribution in [0.4, 0.5) is 0 Å². The molecule has 0 aromatic carbocycles. The number of thiol groups is 1. The largest absolute Gasteiger partial charge is 1.00 e. The van der Waals surface area contributed by atoms with Gasteiger partial charge in [0.1, 0.15) is 6.54 Å². The highest BCUT2D eigenvalue weighted by atomic mass is 79.9. The Labute approximate surface area is 128 Å². The van der Waals surface area contributed by atoms with Gasteiger partial charge in [-0.1, -0.05) is 25.7 Å². The van der Waals surface area contributed by atoms with Gasteiger partial charge < -0.3 is 17.0 Å². The monoisotopic (exact) mass is 331 g/mol. The SMILES string of the molecule is Cc1cc[n+](CCCCCCCCCS)cc1.[Br-]. The molecule has 0 aliphatic rings. The molecule has 0 aliphatic carbocycles. The minimum atomic E-state index is 0. The molecule has 18 heavy (non-hydrogen) atoms. The van der Waals surface area contributed by atoms with Crippen LogP contribution in [0.25, 0.3) is 0 Å². The molecule has 1 aromatic heterocycles. The minimum Gasteiger partial charge on any atom is -1.00 e. The van der Waals surface area contributed by atoms with E-state index < -0.39 is 0 Å². The molecule has 0 aliphatic heterocycles. The Bertz CT molecular complexity index is 287. The molecule has 0 unspecified atom stereocenters. The molecule has 0 saturated carbocycles. The lowest BCUT2D eigenvalue weighted by atomic mass is 10.1. The Hall–Kier alpha value is -0.0200. The van der Waals surface area contributed by atoms with Gasteiger partial charge in [-0.25, -0.2) is 4.57 Å². The number of aromatic nitrogens is 1. The Balaban J connectivity index is 0.00000289. The van der Waals surface area contributed by atoms with Gasteiger partial charge in [-0.2, -0.15) is 12.6 Å². The summed E-state index contributed by atoms with van der Waals surface area (Å²) in [6, 6.07) is 4.36. The number of rotatable bonds is 9. The molecule has 0 atom stereocenters. The van der Waals surface area contributed by atoms with Crippen molar-refractivity contribution in [3.8, 4) is 0 Å². The van der Waals surface area contributed by atoms with E-state index in [1.165, 1.54) is 50.5 Å². The fourth-order valence-corrected chi connectivity index (χ4v) is 2.19. The molecular weight excluding hydrogens is 306 g/mol. The highest BCUT2D eigenvalue weighted by molar-refractivity contribution is 7.80. The summed E-state index contributed by atoms with van der Waals surface area (Å²) in [5, 5.41) is 0. The number of halogens is 1. The molecule has 1 aromatic rings. The van der Waals surface area contributed by atoms with Gasteiger partial charge in [0.05, 0.1) is 0 Å². The number of aryl methyl sites for hydroxylation is 2. The molecule has 0 saturated heterocycles. The lowest BCUT2D eigenvalue weighted by molar-refractivity contribution is -0.697. The molecule has 0 bridgehead atoms. The Morgan fingerprint density at radius 1 is 0.889 bits per heavy atom. The molecule has 3 heteroatoms. The summed E-state index contributed by atoms with van der Waals surface area (Å²) < 4.78 is 2.29. The predicted molar refractivity (Wildman–Crippen MR) is 77.5 cm³/mol. The zero-order chi connectivity index (χ0) is 12.3. The van der Waals surface area contributed by atoms with Crippen LogP contribution >= 0.6 is 12.6 Å². The van der Waals surface area contributed by atoms with Gasteiger partial charge in [0, 0.05) is 18.6 Å². The Morgan fingerprint density at radius 3 is 1.94 bits per heavy atom. The maximum atomic E-state index is 4.22. The average Bonchev–Trinajstić information content (AvgIpc) is 2.35. The quantitative estimate of drug-likeness (QED) is 0.390. The number of hydrogen-bond donors (Lipinski definition) is 1. The zero-order valence-corrected chi connectivity index (χ0v) is 13.9. The minimum absolute atomic E-state index is 0. The van der Waals surface area contributed by atoms with Crippen molar-refractivity contribution >= 4 is 12.6 Å². The van der Waals surface area contributed by atoms with E-state index in [1.807, 2.05) is 0 Å². The first-order valence-corrected chi connectivity index (χ1v) is 7.53. The van der Waals surface area contributed by atoms with Gasteiger partial charge in [0.2, 0.25) is 0 Å². The van der Waals surface area contributed by atoms with Crippen molar-refractivity contribution in [3.63, 3.8) is 0 Å². The summed E-state index contributed by atoms with van der Waals surface area (Å²) in [7, 11) is 0. The maximum Gasteiger partial charge on any atom is 0.169 e. The summed E-state index contributed by atoms with van der Waals surface area (Å²) >= 11 is 4.22. The van der Waals surface area contributed by atoms with Crippen molar-refractivity contribution in [1.29, 1.82) is 0 Å². The van der Waals surface area contributed by atoms with Crippen LogP contribution in [0.3, 0.4) is 0 Å². The van der Waals surface area contributed by atoms with Crippen LogP contribution in [0.15, 0.2) is 24.5 Å². The highest BCUT2D eigenvalue weighted by Gasteiger charge is 1.98. The number of unbranched alkanes of at least 4 members (excludes halogenated alkanes) is 6. The van der Waals surface area contributed by atoms with E-state index in [0.717, 1.165) is 12.3 Å². The fraction of sp³-hybridized carbons (Fsp3) is 0.667. The zero-order valence-electron chi connectivity index (χ0n) is 11.4. The molecule has 0 amide bonds. The molecule has 104 valence electrons. The first-order valence-electron chi connectivity index (χ1n) is 6.89. The van der Waals surface area contributed by atoms with E-state index in [0.29, 0.717) is 0 Å². The number of pyridine rings is 1. The Kier molecular flexibility index (Phi) is 12.0. The fourth-order valence-electron chi connectivity index (χ4n) is 1.97. The third-order valence-corrected chi connectivity index (χ3v) is 3.45. The van der Waals surface area contributed by atoms with Crippen LogP contribution < -0.4 is 21.5 Å². The summed E-state index contributed by atoms with van der Waals surface area (Å²) in [5.41, 5.74) is 1.34. The van der Waals surface area contributed by atoms with Crippen LogP contribution in [-0.2, 0) is 6.54 Å². The topological polar surface area (TPSA) is 3.88 Å². The lowest BCUT2D eigenvalue weighted by Crippen LogP contribution is -3.00. The first-order chi connectivity index (χ1) is 8.33. The third kappa shape index (κ3) is 8.98. The van der Waals surface area contributed by atoms with Gasteiger partial charge in [0.15, 0.2) is 12.4 Å². The molecule has 0 radical (unpaired) electrons. The van der Waals surface area contributed by atoms with Gasteiger partial charge in [-0.3, -0.25) is 0 Å². The second-order valence-electron chi connectivity index (χ2n) is 4.81. The first kappa shape index (κ1) is 18.0. The van der Waals surface area contributed by atoms with Crippen molar-refractivity contribution in [2.45, 2.75) is 58.4 Å². The van der Waals surface area contributed by atoms with E-state index in [4.69, 9.17) is 0 Å². The molecule has 0 fully saturated rings. The molecule has 1 nitrogen and oxygen atoms in total. The van der Waals surface area contributed by atoms with Crippen molar-refractivity contribution < 1.29 is 21.5 Å². The van der Waals surface area contributed by atoms with Crippen molar-refractivity contribution in [1.82, 2.24) is 0 Å². The molecule has 0 spiro atoms. The molecular formula is C15H26BrNS. The van der Waals surface area contributed by atoms with E-state index in [9.17, 15) is 0 Å². The third-order valence-electron chi connectivity index (χ3n) is 3.13. The number of nitrogens with zero attached hydrogens (tertiary/aromatic N) is 1. The van der Waals surface area contributed by atoms with E-state index in [1.54, 1.807) is 0 Å². The molecule has 0 N–H and O–H groups in total. The van der Waals surface area contributed by atoms with Crippen LogP contribution in [0, 0.1) is 6.92 Å². The summed E-state index contributed by atoms with van der Waals surface area (Å²) in [5.74, 6) is 1.05. The van der Waals surface area contributed by atoms with Crippen molar-refractivity contribution in [2.75, 3.05) is 5.75 Å².